The van der Waals surface area contributed by atoms with Crippen molar-refractivity contribution in [3.8, 4) is 5.88 Å². The zero-order valence-corrected chi connectivity index (χ0v) is 16.8. The highest BCUT2D eigenvalue weighted by atomic mass is 16.6. The van der Waals surface area contributed by atoms with Crippen LogP contribution in [-0.4, -0.2) is 69.4 Å². The molecule has 0 unspecified atom stereocenters. The largest absolute Gasteiger partial charge is 0.492 e. The number of rotatable bonds is 11. The first-order valence-electron chi connectivity index (χ1n) is 10.0. The normalized spacial score (nSPS) is 25.0. The summed E-state index contributed by atoms with van der Waals surface area (Å²) in [4.78, 5) is 12.3. The second kappa shape index (κ2) is 10.1. The predicted molar refractivity (Wildman–Crippen MR) is 102 cm³/mol. The SMILES string of the molecule is CCCOC[C@H]1O[C@@H](n2cnc3c(O)ncnc32)[C@H](OCCC)[C@@H]1OCCC. The number of hydrogen-bond acceptors (Lipinski definition) is 8. The Balaban J connectivity index is 1.90. The first-order valence-corrected chi connectivity index (χ1v) is 10.0. The molecule has 2 aromatic heterocycles. The van der Waals surface area contributed by atoms with Gasteiger partial charge >= 0.3 is 0 Å². The number of fused-ring (bicyclic) bond motifs is 1. The zero-order valence-electron chi connectivity index (χ0n) is 16.8. The van der Waals surface area contributed by atoms with Crippen LogP contribution in [0.3, 0.4) is 0 Å². The Bertz CT molecular complexity index is 740. The topological polar surface area (TPSA) is 101 Å². The van der Waals surface area contributed by atoms with Crippen LogP contribution in [0.4, 0.5) is 0 Å². The molecule has 1 N–H and O–H groups in total. The van der Waals surface area contributed by atoms with E-state index >= 15 is 0 Å². The minimum Gasteiger partial charge on any atom is -0.492 e. The van der Waals surface area contributed by atoms with Gasteiger partial charge in [0.15, 0.2) is 17.4 Å². The van der Waals surface area contributed by atoms with Crippen molar-refractivity contribution in [2.24, 2.45) is 0 Å². The van der Waals surface area contributed by atoms with Crippen LogP contribution in [-0.2, 0) is 18.9 Å². The minimum absolute atomic E-state index is 0.158. The van der Waals surface area contributed by atoms with E-state index in [0.29, 0.717) is 37.6 Å². The van der Waals surface area contributed by atoms with Gasteiger partial charge in [-0.05, 0) is 19.3 Å². The van der Waals surface area contributed by atoms with E-state index in [1.165, 1.54) is 6.33 Å². The molecular formula is C19H30N4O5. The summed E-state index contributed by atoms with van der Waals surface area (Å²) in [7, 11) is 0. The fourth-order valence-corrected chi connectivity index (χ4v) is 3.32. The van der Waals surface area contributed by atoms with E-state index in [2.05, 4.69) is 35.7 Å². The molecule has 0 aliphatic carbocycles. The minimum atomic E-state index is -0.483. The Morgan fingerprint density at radius 3 is 2.43 bits per heavy atom. The van der Waals surface area contributed by atoms with Crippen molar-refractivity contribution in [2.75, 3.05) is 26.4 Å². The lowest BCUT2D eigenvalue weighted by Gasteiger charge is -2.25. The Morgan fingerprint density at radius 1 is 1.00 bits per heavy atom. The molecule has 3 heterocycles. The monoisotopic (exact) mass is 394 g/mol. The van der Waals surface area contributed by atoms with E-state index in [9.17, 15) is 5.11 Å². The molecule has 1 fully saturated rings. The number of ether oxygens (including phenoxy) is 4. The molecule has 9 heteroatoms. The fraction of sp³-hybridized carbons (Fsp3) is 0.737. The molecule has 0 amide bonds. The number of aromatic nitrogens is 4. The van der Waals surface area contributed by atoms with Crippen LogP contribution in [0.25, 0.3) is 11.2 Å². The smallest absolute Gasteiger partial charge is 0.242 e. The van der Waals surface area contributed by atoms with Crippen LogP contribution < -0.4 is 0 Å². The molecule has 2 aromatic rings. The summed E-state index contributed by atoms with van der Waals surface area (Å²) < 4.78 is 26.1. The molecule has 0 spiro atoms. The molecule has 4 atom stereocenters. The van der Waals surface area contributed by atoms with Gasteiger partial charge in [-0.25, -0.2) is 9.97 Å². The molecule has 1 aliphatic rings. The third-order valence-electron chi connectivity index (χ3n) is 4.56. The molecule has 0 radical (unpaired) electrons. The number of nitrogens with zero attached hydrogens (tertiary/aromatic N) is 4. The third kappa shape index (κ3) is 4.43. The summed E-state index contributed by atoms with van der Waals surface area (Å²) in [6.45, 7) is 8.50. The van der Waals surface area contributed by atoms with Gasteiger partial charge in [0.1, 0.15) is 24.6 Å². The average Bonchev–Trinajstić information content (AvgIpc) is 3.27. The predicted octanol–water partition coefficient (Wildman–Crippen LogP) is 2.45. The number of hydrogen-bond donors (Lipinski definition) is 1. The lowest BCUT2D eigenvalue weighted by molar-refractivity contribution is -0.0791. The van der Waals surface area contributed by atoms with E-state index < -0.39 is 6.23 Å². The van der Waals surface area contributed by atoms with Gasteiger partial charge in [-0.1, -0.05) is 20.8 Å². The van der Waals surface area contributed by atoms with Crippen LogP contribution in [0.5, 0.6) is 5.88 Å². The van der Waals surface area contributed by atoms with Crippen LogP contribution >= 0.6 is 0 Å². The molecule has 156 valence electrons. The van der Waals surface area contributed by atoms with Crippen molar-refractivity contribution in [3.05, 3.63) is 12.7 Å². The Labute approximate surface area is 165 Å². The molecule has 28 heavy (non-hydrogen) atoms. The van der Waals surface area contributed by atoms with Gasteiger partial charge in [-0.2, -0.15) is 4.98 Å². The van der Waals surface area contributed by atoms with Gasteiger partial charge in [0.05, 0.1) is 12.9 Å². The Morgan fingerprint density at radius 2 is 1.71 bits per heavy atom. The first-order chi connectivity index (χ1) is 13.7. The summed E-state index contributed by atoms with van der Waals surface area (Å²) in [5.41, 5.74) is 0.823. The van der Waals surface area contributed by atoms with Crippen molar-refractivity contribution < 1.29 is 24.1 Å². The lowest BCUT2D eigenvalue weighted by atomic mass is 10.1. The maximum Gasteiger partial charge on any atom is 0.242 e. The summed E-state index contributed by atoms with van der Waals surface area (Å²) in [5, 5.41) is 9.95. The van der Waals surface area contributed by atoms with E-state index in [-0.39, 0.29) is 24.2 Å². The van der Waals surface area contributed by atoms with Gasteiger partial charge in [-0.15, -0.1) is 0 Å². The van der Waals surface area contributed by atoms with Crippen molar-refractivity contribution in [1.82, 2.24) is 19.5 Å². The van der Waals surface area contributed by atoms with Gasteiger partial charge in [0, 0.05) is 19.8 Å². The highest BCUT2D eigenvalue weighted by Gasteiger charge is 2.47. The van der Waals surface area contributed by atoms with Crippen LogP contribution in [0.1, 0.15) is 46.3 Å². The lowest BCUT2D eigenvalue weighted by Crippen LogP contribution is -2.39. The second-order valence-corrected chi connectivity index (χ2v) is 6.83. The molecular weight excluding hydrogens is 364 g/mol. The molecule has 1 saturated heterocycles. The maximum absolute atomic E-state index is 9.95. The van der Waals surface area contributed by atoms with E-state index in [0.717, 1.165) is 19.3 Å². The van der Waals surface area contributed by atoms with Crippen molar-refractivity contribution in [1.29, 1.82) is 0 Å². The van der Waals surface area contributed by atoms with E-state index in [1.807, 2.05) is 0 Å². The van der Waals surface area contributed by atoms with Crippen molar-refractivity contribution in [2.45, 2.75) is 64.6 Å². The summed E-state index contributed by atoms with van der Waals surface area (Å²) >= 11 is 0. The maximum atomic E-state index is 9.95. The van der Waals surface area contributed by atoms with Gasteiger partial charge < -0.3 is 24.1 Å². The van der Waals surface area contributed by atoms with E-state index in [1.54, 1.807) is 10.9 Å². The molecule has 0 aromatic carbocycles. The van der Waals surface area contributed by atoms with Crippen LogP contribution in [0, 0.1) is 0 Å². The average molecular weight is 394 g/mol. The van der Waals surface area contributed by atoms with Crippen LogP contribution in [0.15, 0.2) is 12.7 Å². The molecule has 0 bridgehead atoms. The summed E-state index contributed by atoms with van der Waals surface area (Å²) in [5.74, 6) is -0.158. The van der Waals surface area contributed by atoms with Gasteiger partial charge in [-0.3, -0.25) is 4.57 Å². The quantitative estimate of drug-likeness (QED) is 0.580. The molecule has 9 nitrogen and oxygen atoms in total. The van der Waals surface area contributed by atoms with Crippen molar-refractivity contribution in [3.63, 3.8) is 0 Å². The van der Waals surface area contributed by atoms with Crippen molar-refractivity contribution >= 4 is 11.2 Å². The summed E-state index contributed by atoms with van der Waals surface area (Å²) in [6, 6.07) is 0. The number of imidazole rings is 1. The highest BCUT2D eigenvalue weighted by molar-refractivity contribution is 5.75. The first kappa shape index (κ1) is 20.9. The highest BCUT2D eigenvalue weighted by Crippen LogP contribution is 2.36. The Hall–Kier alpha value is -1.81. The fourth-order valence-electron chi connectivity index (χ4n) is 3.32. The molecule has 3 rings (SSSR count). The Kier molecular flexibility index (Phi) is 7.55. The van der Waals surface area contributed by atoms with E-state index in [4.69, 9.17) is 18.9 Å². The second-order valence-electron chi connectivity index (χ2n) is 6.83. The number of aromatic hydroxyl groups is 1. The summed E-state index contributed by atoms with van der Waals surface area (Å²) in [6.07, 6.45) is 4.28. The van der Waals surface area contributed by atoms with Gasteiger partial charge in [0.2, 0.25) is 5.88 Å². The molecule has 0 saturated carbocycles. The zero-order chi connectivity index (χ0) is 19.9. The van der Waals surface area contributed by atoms with Gasteiger partial charge in [0.25, 0.3) is 0 Å². The standard InChI is InChI=1S/C19H30N4O5/c1-4-7-25-10-13-15(26-8-5-2)16(27-9-6-3)19(28-13)23-12-22-14-17(23)20-11-21-18(14)24/h11-13,15-16,19H,4-10H2,1-3H3,(H,20,21,24)/t13-,15-,16-,19-/m1/s1. The van der Waals surface area contributed by atoms with Crippen LogP contribution in [0.2, 0.25) is 0 Å². The third-order valence-corrected chi connectivity index (χ3v) is 4.56. The molecule has 1 aliphatic heterocycles.